The van der Waals surface area contributed by atoms with Crippen LogP contribution in [-0.2, 0) is 0 Å². The predicted octanol–water partition coefficient (Wildman–Crippen LogP) is 4.40. The van der Waals surface area contributed by atoms with Crippen molar-refractivity contribution in [2.75, 3.05) is 26.2 Å². The van der Waals surface area contributed by atoms with E-state index in [1.165, 1.54) is 12.8 Å². The number of phenols is 1. The smallest absolute Gasteiger partial charge is 0.136 e. The quantitative estimate of drug-likeness (QED) is 0.740. The van der Waals surface area contributed by atoms with Gasteiger partial charge in [-0.2, -0.15) is 0 Å². The molecule has 0 spiro atoms. The van der Waals surface area contributed by atoms with E-state index >= 15 is 0 Å². The summed E-state index contributed by atoms with van der Waals surface area (Å²) >= 11 is 9.46. The maximum absolute atomic E-state index is 10.4. The van der Waals surface area contributed by atoms with Crippen LogP contribution in [0.1, 0.15) is 30.9 Å². The minimum absolute atomic E-state index is 0. The first kappa shape index (κ1) is 20.3. The molecule has 1 saturated carbocycles. The number of nitrogens with one attached hydrogen (secondary N) is 1. The Bertz CT molecular complexity index is 494. The van der Waals surface area contributed by atoms with Gasteiger partial charge in [0.2, 0.25) is 0 Å². The van der Waals surface area contributed by atoms with Crippen molar-refractivity contribution in [2.24, 2.45) is 5.92 Å². The highest BCUT2D eigenvalue weighted by atomic mass is 79.9. The van der Waals surface area contributed by atoms with Crippen molar-refractivity contribution >= 4 is 52.3 Å². The number of benzene rings is 1. The van der Waals surface area contributed by atoms with Gasteiger partial charge in [0, 0.05) is 37.8 Å². The lowest BCUT2D eigenvalue weighted by atomic mass is 9.98. The Morgan fingerprint density at radius 1 is 1.27 bits per heavy atom. The molecule has 1 heterocycles. The molecule has 1 aliphatic heterocycles. The molecule has 0 aromatic heterocycles. The minimum Gasteiger partial charge on any atom is -0.506 e. The zero-order valence-electron chi connectivity index (χ0n) is 12.2. The van der Waals surface area contributed by atoms with Crippen LogP contribution >= 0.6 is 52.3 Å². The first-order valence-corrected chi connectivity index (χ1v) is 8.45. The number of piperazine rings is 1. The van der Waals surface area contributed by atoms with E-state index in [0.717, 1.165) is 44.1 Å². The lowest BCUT2D eigenvalue weighted by Crippen LogP contribution is -2.45. The molecule has 0 amide bonds. The molecule has 0 unspecified atom stereocenters. The van der Waals surface area contributed by atoms with Crippen molar-refractivity contribution < 1.29 is 5.11 Å². The van der Waals surface area contributed by atoms with Crippen LogP contribution in [0.25, 0.3) is 0 Å². The van der Waals surface area contributed by atoms with E-state index in [9.17, 15) is 5.11 Å². The minimum atomic E-state index is 0. The van der Waals surface area contributed by atoms with E-state index in [0.29, 0.717) is 21.3 Å². The van der Waals surface area contributed by atoms with Crippen LogP contribution in [0.3, 0.4) is 0 Å². The standard InChI is InChI=1S/C15H20BrClN2O.2ClH/c16-14-12(17)4-3-11(15(14)20)13(9-10-1-2-10)19-7-5-18-6-8-19;;/h3-4,10,13,18,20H,1-2,5-9H2;2*1H/t13-;;/m0../s1. The molecule has 3 rings (SSSR count). The number of rotatable bonds is 4. The molecule has 1 aromatic carbocycles. The largest absolute Gasteiger partial charge is 0.506 e. The summed E-state index contributed by atoms with van der Waals surface area (Å²) in [7, 11) is 0. The first-order valence-electron chi connectivity index (χ1n) is 7.28. The van der Waals surface area contributed by atoms with Crippen LogP contribution in [0.2, 0.25) is 5.02 Å². The number of nitrogens with zero attached hydrogens (tertiary/aromatic N) is 1. The Morgan fingerprint density at radius 2 is 1.91 bits per heavy atom. The maximum atomic E-state index is 10.4. The molecule has 22 heavy (non-hydrogen) atoms. The van der Waals surface area contributed by atoms with Crippen molar-refractivity contribution in [1.29, 1.82) is 0 Å². The molecule has 1 aromatic rings. The second-order valence-corrected chi connectivity index (χ2v) is 6.98. The average molecular weight is 433 g/mol. The molecule has 2 aliphatic rings. The highest BCUT2D eigenvalue weighted by Crippen LogP contribution is 2.45. The van der Waals surface area contributed by atoms with E-state index in [4.69, 9.17) is 11.6 Å². The van der Waals surface area contributed by atoms with E-state index < -0.39 is 0 Å². The van der Waals surface area contributed by atoms with Crippen LogP contribution in [0.5, 0.6) is 5.75 Å². The van der Waals surface area contributed by atoms with Crippen molar-refractivity contribution in [3.05, 3.63) is 27.2 Å². The second-order valence-electron chi connectivity index (χ2n) is 5.78. The molecule has 0 radical (unpaired) electrons. The molecular weight excluding hydrogens is 410 g/mol. The van der Waals surface area contributed by atoms with Gasteiger partial charge in [-0.05, 0) is 34.3 Å². The van der Waals surface area contributed by atoms with Crippen LogP contribution in [0.4, 0.5) is 0 Å². The summed E-state index contributed by atoms with van der Waals surface area (Å²) in [4.78, 5) is 2.49. The zero-order chi connectivity index (χ0) is 14.1. The maximum Gasteiger partial charge on any atom is 0.136 e. The normalized spacial score (nSPS) is 19.9. The fourth-order valence-electron chi connectivity index (χ4n) is 2.96. The Hall–Kier alpha value is 0.290. The van der Waals surface area contributed by atoms with Gasteiger partial charge in [-0.3, -0.25) is 4.90 Å². The van der Waals surface area contributed by atoms with Crippen molar-refractivity contribution in [2.45, 2.75) is 25.3 Å². The fourth-order valence-corrected chi connectivity index (χ4v) is 3.47. The molecule has 1 atom stereocenters. The Morgan fingerprint density at radius 3 is 2.50 bits per heavy atom. The number of hydrogen-bond acceptors (Lipinski definition) is 3. The number of aromatic hydroxyl groups is 1. The zero-order valence-corrected chi connectivity index (χ0v) is 16.2. The lowest BCUT2D eigenvalue weighted by Gasteiger charge is -2.35. The Labute approximate surface area is 157 Å². The average Bonchev–Trinajstić information content (AvgIpc) is 3.28. The highest BCUT2D eigenvalue weighted by molar-refractivity contribution is 9.10. The van der Waals surface area contributed by atoms with Gasteiger partial charge in [0.25, 0.3) is 0 Å². The van der Waals surface area contributed by atoms with Gasteiger partial charge in [-0.15, -0.1) is 24.8 Å². The molecule has 3 nitrogen and oxygen atoms in total. The molecule has 2 fully saturated rings. The third-order valence-electron chi connectivity index (χ3n) is 4.31. The topological polar surface area (TPSA) is 35.5 Å². The van der Waals surface area contributed by atoms with E-state index in [1.807, 2.05) is 12.1 Å². The molecule has 0 bridgehead atoms. The van der Waals surface area contributed by atoms with Crippen molar-refractivity contribution in [1.82, 2.24) is 10.2 Å². The van der Waals surface area contributed by atoms with Gasteiger partial charge < -0.3 is 10.4 Å². The SMILES string of the molecule is Cl.Cl.Oc1c([C@H](CC2CC2)N2CCNCC2)ccc(Cl)c1Br. The molecule has 1 saturated heterocycles. The summed E-state index contributed by atoms with van der Waals surface area (Å²) in [6.07, 6.45) is 3.80. The Balaban J connectivity index is 0.00000121. The predicted molar refractivity (Wildman–Crippen MR) is 99.8 cm³/mol. The summed E-state index contributed by atoms with van der Waals surface area (Å²) in [6, 6.07) is 4.17. The Kier molecular flexibility index (Phi) is 8.27. The summed E-state index contributed by atoms with van der Waals surface area (Å²) in [5, 5.41) is 14.4. The van der Waals surface area contributed by atoms with Gasteiger partial charge in [0.05, 0.1) is 9.50 Å². The summed E-state index contributed by atoms with van der Waals surface area (Å²) in [6.45, 7) is 4.13. The number of phenolic OH excluding ortho intramolecular Hbond substituents is 1. The van der Waals surface area contributed by atoms with Gasteiger partial charge in [0.1, 0.15) is 5.75 Å². The molecule has 7 heteroatoms. The van der Waals surface area contributed by atoms with Crippen molar-refractivity contribution in [3.63, 3.8) is 0 Å². The monoisotopic (exact) mass is 430 g/mol. The van der Waals surface area contributed by atoms with E-state index in [1.54, 1.807) is 0 Å². The van der Waals surface area contributed by atoms with E-state index in [2.05, 4.69) is 26.1 Å². The van der Waals surface area contributed by atoms with Gasteiger partial charge in [0.15, 0.2) is 0 Å². The van der Waals surface area contributed by atoms with Gasteiger partial charge in [-0.25, -0.2) is 0 Å². The highest BCUT2D eigenvalue weighted by Gasteiger charge is 2.32. The summed E-state index contributed by atoms with van der Waals surface area (Å²) in [5.74, 6) is 1.13. The number of hydrogen-bond donors (Lipinski definition) is 2. The van der Waals surface area contributed by atoms with Crippen LogP contribution in [0.15, 0.2) is 16.6 Å². The van der Waals surface area contributed by atoms with E-state index in [-0.39, 0.29) is 24.8 Å². The van der Waals surface area contributed by atoms with Gasteiger partial charge >= 0.3 is 0 Å². The fraction of sp³-hybridized carbons (Fsp3) is 0.600. The van der Waals surface area contributed by atoms with Gasteiger partial charge in [-0.1, -0.05) is 30.5 Å². The second kappa shape index (κ2) is 8.95. The van der Waals surface area contributed by atoms with Crippen molar-refractivity contribution in [3.8, 4) is 5.75 Å². The third kappa shape index (κ3) is 4.65. The third-order valence-corrected chi connectivity index (χ3v) is 5.65. The molecule has 126 valence electrons. The summed E-state index contributed by atoms with van der Waals surface area (Å²) < 4.78 is 0.618. The first-order chi connectivity index (χ1) is 9.66. The molecule has 1 aliphatic carbocycles. The van der Waals surface area contributed by atoms with Crippen LogP contribution in [-0.4, -0.2) is 36.2 Å². The summed E-state index contributed by atoms with van der Waals surface area (Å²) in [5.41, 5.74) is 1.01. The molecular formula is C15H22BrCl3N2O. The number of halogens is 4. The molecule has 2 N–H and O–H groups in total. The van der Waals surface area contributed by atoms with Crippen LogP contribution < -0.4 is 5.32 Å². The lowest BCUT2D eigenvalue weighted by molar-refractivity contribution is 0.158. The van der Waals surface area contributed by atoms with Crippen LogP contribution in [0, 0.1) is 5.92 Å².